The van der Waals surface area contributed by atoms with Gasteiger partial charge in [0, 0.05) is 6.07 Å². The smallest absolute Gasteiger partial charge is 0.258 e. The highest BCUT2D eigenvalue weighted by molar-refractivity contribution is 9.10. The van der Waals surface area contributed by atoms with Gasteiger partial charge in [-0.2, -0.15) is 5.10 Å². The van der Waals surface area contributed by atoms with E-state index in [1.54, 1.807) is 34.3 Å². The Morgan fingerprint density at radius 1 is 1.25 bits per heavy atom. The molecule has 0 radical (unpaired) electrons. The van der Waals surface area contributed by atoms with E-state index < -0.39 is 4.92 Å². The molecule has 2 aromatic heterocycles. The number of nitro benzene ring substituents is 1. The molecule has 0 fully saturated rings. The van der Waals surface area contributed by atoms with Crippen LogP contribution in [-0.4, -0.2) is 14.7 Å². The first-order valence-electron chi connectivity index (χ1n) is 5.69. The molecule has 0 saturated carbocycles. The third-order valence-corrected chi connectivity index (χ3v) is 4.50. The van der Waals surface area contributed by atoms with E-state index in [1.165, 1.54) is 6.07 Å². The molecule has 0 aliphatic rings. The van der Waals surface area contributed by atoms with E-state index in [-0.39, 0.29) is 5.69 Å². The Morgan fingerprint density at radius 3 is 2.80 bits per heavy atom. The fraction of sp³-hybridized carbons (Fsp3) is 0. The van der Waals surface area contributed by atoms with Crippen LogP contribution in [0.25, 0.3) is 16.3 Å². The molecular weight excluding hydrogens is 342 g/mol. The quantitative estimate of drug-likeness (QED) is 0.523. The number of hydrogen-bond acceptors (Lipinski definition) is 4. The van der Waals surface area contributed by atoms with Crippen molar-refractivity contribution in [2.24, 2.45) is 0 Å². The van der Waals surface area contributed by atoms with Crippen molar-refractivity contribution in [3.63, 3.8) is 0 Å². The Labute approximate surface area is 126 Å². The van der Waals surface area contributed by atoms with E-state index >= 15 is 0 Å². The van der Waals surface area contributed by atoms with E-state index in [4.69, 9.17) is 0 Å². The first-order chi connectivity index (χ1) is 9.68. The van der Waals surface area contributed by atoms with Crippen LogP contribution < -0.4 is 0 Å². The number of hydrogen-bond donors (Lipinski definition) is 0. The monoisotopic (exact) mass is 349 g/mol. The van der Waals surface area contributed by atoms with Gasteiger partial charge in [-0.1, -0.05) is 12.1 Å². The van der Waals surface area contributed by atoms with Gasteiger partial charge >= 0.3 is 0 Å². The summed E-state index contributed by atoms with van der Waals surface area (Å²) in [5.74, 6) is 0. The Balaban J connectivity index is 2.18. The van der Waals surface area contributed by atoms with Crippen molar-refractivity contribution in [1.82, 2.24) is 9.78 Å². The van der Waals surface area contributed by atoms with Gasteiger partial charge in [-0.25, -0.2) is 4.68 Å². The van der Waals surface area contributed by atoms with E-state index in [0.717, 1.165) is 10.6 Å². The van der Waals surface area contributed by atoms with Crippen molar-refractivity contribution >= 4 is 33.0 Å². The molecule has 0 amide bonds. The highest BCUT2D eigenvalue weighted by Gasteiger charge is 2.18. The second-order valence-electron chi connectivity index (χ2n) is 3.97. The number of rotatable bonds is 3. The third-order valence-electron chi connectivity index (χ3n) is 2.80. The molecule has 3 rings (SSSR count). The molecule has 0 aliphatic heterocycles. The summed E-state index contributed by atoms with van der Waals surface area (Å²) in [5, 5.41) is 17.3. The summed E-state index contributed by atoms with van der Waals surface area (Å²) in [7, 11) is 0. The molecule has 20 heavy (non-hydrogen) atoms. The van der Waals surface area contributed by atoms with Gasteiger partial charge in [-0.05, 0) is 39.5 Å². The molecular formula is C13H8BrN3O2S. The normalized spacial score (nSPS) is 10.7. The Kier molecular flexibility index (Phi) is 3.37. The van der Waals surface area contributed by atoms with Crippen LogP contribution >= 0.6 is 27.3 Å². The summed E-state index contributed by atoms with van der Waals surface area (Å²) >= 11 is 4.90. The first kappa shape index (κ1) is 13.0. The van der Waals surface area contributed by atoms with Crippen LogP contribution in [0.15, 0.2) is 52.4 Å². The largest absolute Gasteiger partial charge is 0.285 e. The zero-order valence-electron chi connectivity index (χ0n) is 10.1. The fourth-order valence-electron chi connectivity index (χ4n) is 1.92. The Hall–Kier alpha value is -1.99. The minimum absolute atomic E-state index is 0.0233. The third kappa shape index (κ3) is 2.14. The first-order valence-corrected chi connectivity index (χ1v) is 7.37. The molecule has 1 aromatic carbocycles. The maximum Gasteiger partial charge on any atom is 0.285 e. The molecule has 0 atom stereocenters. The number of aromatic nitrogens is 2. The second-order valence-corrected chi connectivity index (χ2v) is 5.71. The number of nitrogens with zero attached hydrogens (tertiary/aromatic N) is 3. The summed E-state index contributed by atoms with van der Waals surface area (Å²) in [6.07, 6.45) is 1.68. The standard InChI is InChI=1S/C13H8BrN3O2S/c14-13-10(3-1-4-11(13)17(18)19)16-9(6-7-15-16)12-5-2-8-20-12/h1-8H. The zero-order valence-corrected chi connectivity index (χ0v) is 12.5. The number of thiophene rings is 1. The Bertz CT molecular complexity index is 768. The lowest BCUT2D eigenvalue weighted by molar-refractivity contribution is -0.385. The molecule has 0 bridgehead atoms. The number of nitro groups is 1. The highest BCUT2D eigenvalue weighted by Crippen LogP contribution is 2.34. The average molecular weight is 350 g/mol. The Morgan fingerprint density at radius 2 is 2.10 bits per heavy atom. The van der Waals surface area contributed by atoms with Crippen LogP contribution in [0.2, 0.25) is 0 Å². The summed E-state index contributed by atoms with van der Waals surface area (Å²) in [4.78, 5) is 11.6. The lowest BCUT2D eigenvalue weighted by Gasteiger charge is -2.08. The minimum atomic E-state index is -0.415. The van der Waals surface area contributed by atoms with Gasteiger partial charge in [0.2, 0.25) is 0 Å². The van der Waals surface area contributed by atoms with Gasteiger partial charge in [0.25, 0.3) is 5.69 Å². The van der Waals surface area contributed by atoms with Crippen molar-refractivity contribution in [2.75, 3.05) is 0 Å². The van der Waals surface area contributed by atoms with Gasteiger partial charge in [-0.3, -0.25) is 10.1 Å². The van der Waals surface area contributed by atoms with Crippen LogP contribution in [-0.2, 0) is 0 Å². The van der Waals surface area contributed by atoms with Crippen LogP contribution in [0.4, 0.5) is 5.69 Å². The molecule has 100 valence electrons. The van der Waals surface area contributed by atoms with E-state index in [2.05, 4.69) is 21.0 Å². The molecule has 3 aromatic rings. The maximum atomic E-state index is 11.0. The topological polar surface area (TPSA) is 61.0 Å². The van der Waals surface area contributed by atoms with Crippen molar-refractivity contribution in [3.05, 3.63) is 62.6 Å². The van der Waals surface area contributed by atoms with Crippen LogP contribution in [0, 0.1) is 10.1 Å². The van der Waals surface area contributed by atoms with Gasteiger partial charge in [0.1, 0.15) is 4.47 Å². The number of benzene rings is 1. The lowest BCUT2D eigenvalue weighted by Crippen LogP contribution is -2.01. The van der Waals surface area contributed by atoms with Crippen molar-refractivity contribution in [3.8, 4) is 16.3 Å². The molecule has 0 aliphatic carbocycles. The average Bonchev–Trinajstić information content (AvgIpc) is 3.09. The second kappa shape index (κ2) is 5.18. The van der Waals surface area contributed by atoms with E-state index in [0.29, 0.717) is 10.2 Å². The summed E-state index contributed by atoms with van der Waals surface area (Å²) in [6, 6.07) is 10.7. The van der Waals surface area contributed by atoms with E-state index in [1.807, 2.05) is 23.6 Å². The zero-order chi connectivity index (χ0) is 14.1. The predicted octanol–water partition coefficient (Wildman–Crippen LogP) is 4.27. The fourth-order valence-corrected chi connectivity index (χ4v) is 3.23. The summed E-state index contributed by atoms with van der Waals surface area (Å²) < 4.78 is 2.12. The van der Waals surface area contributed by atoms with Crippen LogP contribution in [0.1, 0.15) is 0 Å². The number of halogens is 1. The van der Waals surface area contributed by atoms with Crippen molar-refractivity contribution in [2.45, 2.75) is 0 Å². The van der Waals surface area contributed by atoms with Gasteiger partial charge in [0.15, 0.2) is 0 Å². The lowest BCUT2D eigenvalue weighted by atomic mass is 10.2. The molecule has 0 unspecified atom stereocenters. The molecule has 7 heteroatoms. The van der Waals surface area contributed by atoms with Gasteiger partial charge in [0.05, 0.1) is 27.4 Å². The minimum Gasteiger partial charge on any atom is -0.258 e. The van der Waals surface area contributed by atoms with Crippen molar-refractivity contribution < 1.29 is 4.92 Å². The SMILES string of the molecule is O=[N+]([O-])c1cccc(-n2nccc2-c2cccs2)c1Br. The molecule has 0 saturated heterocycles. The van der Waals surface area contributed by atoms with E-state index in [9.17, 15) is 10.1 Å². The van der Waals surface area contributed by atoms with Crippen LogP contribution in [0.3, 0.4) is 0 Å². The summed E-state index contributed by atoms with van der Waals surface area (Å²) in [5.41, 5.74) is 1.57. The maximum absolute atomic E-state index is 11.0. The van der Waals surface area contributed by atoms with Crippen LogP contribution in [0.5, 0.6) is 0 Å². The molecule has 5 nitrogen and oxygen atoms in total. The van der Waals surface area contributed by atoms with Gasteiger partial charge in [-0.15, -0.1) is 11.3 Å². The molecule has 2 heterocycles. The molecule has 0 N–H and O–H groups in total. The highest BCUT2D eigenvalue weighted by atomic mass is 79.9. The predicted molar refractivity (Wildman–Crippen MR) is 81.2 cm³/mol. The van der Waals surface area contributed by atoms with Crippen molar-refractivity contribution in [1.29, 1.82) is 0 Å². The molecule has 0 spiro atoms. The van der Waals surface area contributed by atoms with Gasteiger partial charge < -0.3 is 0 Å². The summed E-state index contributed by atoms with van der Waals surface area (Å²) in [6.45, 7) is 0.